The molecule has 3 rings (SSSR count). The average molecular weight is 508 g/mol. The Labute approximate surface area is 204 Å². The zero-order valence-corrected chi connectivity index (χ0v) is 22.6. The normalized spacial score (nSPS) is 11.6. The molecule has 0 fully saturated rings. The van der Waals surface area contributed by atoms with Crippen molar-refractivity contribution in [3.05, 3.63) is 82.9 Å². The zero-order valence-electron chi connectivity index (χ0n) is 18.5. The number of benzene rings is 3. The molecule has 0 saturated heterocycles. The predicted octanol–water partition coefficient (Wildman–Crippen LogP) is 7.06. The van der Waals surface area contributed by atoms with E-state index in [9.17, 15) is 5.11 Å². The van der Waals surface area contributed by atoms with E-state index in [1.165, 1.54) is 16.4 Å². The van der Waals surface area contributed by atoms with Gasteiger partial charge in [-0.1, -0.05) is 71.8 Å². The number of phenols is 1. The van der Waals surface area contributed by atoms with E-state index in [1.54, 1.807) is 0 Å². The minimum absolute atomic E-state index is 0.0985. The molecule has 1 N–H and O–H groups in total. The number of aliphatic imine (C=N–C) groups is 1. The molecule has 31 heavy (non-hydrogen) atoms. The molecule has 0 saturated carbocycles. The third-order valence-electron chi connectivity index (χ3n) is 4.74. The Morgan fingerprint density at radius 3 is 2.23 bits per heavy atom. The molecule has 0 aliphatic carbocycles. The molecule has 3 aromatic carbocycles. The summed E-state index contributed by atoms with van der Waals surface area (Å²) in [6, 6.07) is 20.4. The van der Waals surface area contributed by atoms with Gasteiger partial charge in [-0.2, -0.15) is 0 Å². The van der Waals surface area contributed by atoms with Crippen LogP contribution >= 0.6 is 27.2 Å². The summed E-state index contributed by atoms with van der Waals surface area (Å²) < 4.78 is 0. The first-order valence-corrected chi connectivity index (χ1v) is 15.2. The SMILES string of the molecule is Cc1cc(Pc2c(C)cccc2C=Nc2ccccc2)c(O)c(C(C)(C)C)c1.[Cl][Ti][Cl]. The van der Waals surface area contributed by atoms with Gasteiger partial charge < -0.3 is 5.11 Å². The van der Waals surface area contributed by atoms with Crippen LogP contribution in [0.4, 0.5) is 5.69 Å². The molecule has 0 aliphatic rings. The summed E-state index contributed by atoms with van der Waals surface area (Å²) in [6.07, 6.45) is 1.93. The van der Waals surface area contributed by atoms with Gasteiger partial charge in [-0.15, -0.1) is 0 Å². The first kappa shape index (κ1) is 26.1. The molecule has 0 radical (unpaired) electrons. The third kappa shape index (κ3) is 7.74. The van der Waals surface area contributed by atoms with Crippen molar-refractivity contribution in [1.29, 1.82) is 0 Å². The van der Waals surface area contributed by atoms with Gasteiger partial charge in [0.15, 0.2) is 0 Å². The van der Waals surface area contributed by atoms with Gasteiger partial charge in [0.2, 0.25) is 0 Å². The fourth-order valence-electron chi connectivity index (χ4n) is 3.21. The molecule has 1 atom stereocenters. The summed E-state index contributed by atoms with van der Waals surface area (Å²) in [6.45, 7) is 10.6. The second-order valence-corrected chi connectivity index (χ2v) is 12.2. The summed E-state index contributed by atoms with van der Waals surface area (Å²) in [5, 5.41) is 13.2. The second kappa shape index (κ2) is 12.2. The van der Waals surface area contributed by atoms with E-state index < -0.39 is 17.0 Å². The van der Waals surface area contributed by atoms with Gasteiger partial charge >= 0.3 is 35.6 Å². The molecule has 2 nitrogen and oxygen atoms in total. The van der Waals surface area contributed by atoms with Crippen LogP contribution in [0.5, 0.6) is 5.75 Å². The van der Waals surface area contributed by atoms with Crippen LogP contribution in [0.1, 0.15) is 43.0 Å². The summed E-state index contributed by atoms with van der Waals surface area (Å²) in [5.41, 5.74) is 5.33. The number of halogens is 2. The number of hydrogen-bond acceptors (Lipinski definition) is 2. The van der Waals surface area contributed by atoms with Crippen LogP contribution in [0, 0.1) is 13.8 Å². The topological polar surface area (TPSA) is 32.6 Å². The van der Waals surface area contributed by atoms with Crippen LogP contribution in [0.2, 0.25) is 0 Å². The number of aryl methyl sites for hydroxylation is 2. The van der Waals surface area contributed by atoms with Crippen LogP contribution < -0.4 is 10.6 Å². The average Bonchev–Trinajstić information content (AvgIpc) is 2.71. The maximum absolute atomic E-state index is 11.0. The molecule has 3 aromatic rings. The van der Waals surface area contributed by atoms with Crippen LogP contribution in [-0.4, -0.2) is 11.3 Å². The molecule has 0 heterocycles. The second-order valence-electron chi connectivity index (χ2n) is 8.29. The number of hydrogen-bond donors (Lipinski definition) is 1. The van der Waals surface area contributed by atoms with Crippen LogP contribution in [0.15, 0.2) is 65.7 Å². The Balaban J connectivity index is 0.00000107. The maximum atomic E-state index is 11.0. The number of nitrogens with zero attached hydrogens (tertiary/aromatic N) is 1. The minimum atomic E-state index is -0.556. The summed E-state index contributed by atoms with van der Waals surface area (Å²) >= 11 is -0.556. The molecule has 6 heteroatoms. The fourth-order valence-corrected chi connectivity index (χ4v) is 4.60. The van der Waals surface area contributed by atoms with E-state index in [4.69, 9.17) is 18.6 Å². The van der Waals surface area contributed by atoms with Crippen molar-refractivity contribution in [2.24, 2.45) is 4.99 Å². The van der Waals surface area contributed by atoms with Gasteiger partial charge in [0.05, 0.1) is 5.69 Å². The van der Waals surface area contributed by atoms with E-state index in [-0.39, 0.29) is 5.41 Å². The quantitative estimate of drug-likeness (QED) is 0.229. The van der Waals surface area contributed by atoms with Crippen molar-refractivity contribution >= 4 is 49.7 Å². The van der Waals surface area contributed by atoms with Crippen molar-refractivity contribution in [1.82, 2.24) is 0 Å². The van der Waals surface area contributed by atoms with Crippen molar-refractivity contribution in [3.63, 3.8) is 0 Å². The van der Waals surface area contributed by atoms with Crippen LogP contribution in [0.25, 0.3) is 0 Å². The van der Waals surface area contributed by atoms with Crippen LogP contribution in [0.3, 0.4) is 0 Å². The van der Waals surface area contributed by atoms with Gasteiger partial charge in [0, 0.05) is 22.6 Å². The van der Waals surface area contributed by atoms with Gasteiger partial charge in [-0.25, -0.2) is 0 Å². The monoisotopic (exact) mass is 507 g/mol. The predicted molar refractivity (Wildman–Crippen MR) is 136 cm³/mol. The van der Waals surface area contributed by atoms with Crippen molar-refractivity contribution < 1.29 is 22.1 Å². The van der Waals surface area contributed by atoms with Gasteiger partial charge in [0.25, 0.3) is 0 Å². The first-order valence-electron chi connectivity index (χ1n) is 9.93. The molecule has 0 aromatic heterocycles. The molecule has 0 aliphatic heterocycles. The van der Waals surface area contributed by atoms with Gasteiger partial charge in [-0.3, -0.25) is 4.99 Å². The first-order chi connectivity index (χ1) is 14.7. The Bertz CT molecular complexity index is 1030. The molecule has 1 unspecified atom stereocenters. The van der Waals surface area contributed by atoms with Gasteiger partial charge in [-0.05, 0) is 53.9 Å². The van der Waals surface area contributed by atoms with E-state index in [0.29, 0.717) is 14.3 Å². The van der Waals surface area contributed by atoms with E-state index in [2.05, 4.69) is 69.9 Å². The van der Waals surface area contributed by atoms with Crippen molar-refractivity contribution in [2.45, 2.75) is 40.0 Å². The van der Waals surface area contributed by atoms with E-state index >= 15 is 0 Å². The van der Waals surface area contributed by atoms with E-state index in [0.717, 1.165) is 22.1 Å². The summed E-state index contributed by atoms with van der Waals surface area (Å²) in [7, 11) is 10.1. The van der Waals surface area contributed by atoms with E-state index in [1.807, 2.05) is 36.5 Å². The van der Waals surface area contributed by atoms with Crippen LogP contribution in [-0.2, 0) is 22.4 Å². The van der Waals surface area contributed by atoms with Crippen molar-refractivity contribution in [3.8, 4) is 5.75 Å². The Hall–Kier alpha value is -1.15. The number of aromatic hydroxyl groups is 1. The molecular weight excluding hydrogens is 480 g/mol. The molecule has 0 amide bonds. The Morgan fingerprint density at radius 2 is 1.61 bits per heavy atom. The number of phenolic OH excluding ortho intramolecular Hbond substituents is 1. The molecule has 162 valence electrons. The molecule has 0 spiro atoms. The summed E-state index contributed by atoms with van der Waals surface area (Å²) in [5.74, 6) is 0.422. The third-order valence-corrected chi connectivity index (χ3v) is 6.32. The number of para-hydroxylation sites is 1. The Kier molecular flexibility index (Phi) is 10.3. The van der Waals surface area contributed by atoms with Crippen molar-refractivity contribution in [2.75, 3.05) is 0 Å². The zero-order chi connectivity index (χ0) is 23.0. The molecular formula is C25H28Cl2NOPTi. The number of rotatable bonds is 4. The molecule has 0 bridgehead atoms. The Morgan fingerprint density at radius 1 is 0.968 bits per heavy atom. The summed E-state index contributed by atoms with van der Waals surface area (Å²) in [4.78, 5) is 4.63. The van der Waals surface area contributed by atoms with Gasteiger partial charge in [0.1, 0.15) is 5.75 Å². The standard InChI is InChI=1S/C25H28NOP.2ClH.Ti/c1-17-14-21(25(3,4)5)23(27)22(15-17)28-24-18(2)10-9-11-19(24)16-26-20-12-7-6-8-13-20;;;/h6-16,27-28H,1-5H3;2*1H;/q;;;+2/p-2. The fraction of sp³-hybridized carbons (Fsp3) is 0.240.